The Balaban J connectivity index is 2.39. The first-order valence-corrected chi connectivity index (χ1v) is 8.42. The molecule has 4 nitrogen and oxygen atoms in total. The second-order valence-corrected chi connectivity index (χ2v) is 5.83. The van der Waals surface area contributed by atoms with Crippen molar-refractivity contribution in [3.63, 3.8) is 0 Å². The number of benzene rings is 1. The third kappa shape index (κ3) is 6.54. The van der Waals surface area contributed by atoms with E-state index in [1.54, 1.807) is 23.9 Å². The van der Waals surface area contributed by atoms with Crippen LogP contribution in [0.5, 0.6) is 0 Å². The zero-order valence-corrected chi connectivity index (χ0v) is 13.4. The van der Waals surface area contributed by atoms with Crippen LogP contribution in [0.1, 0.15) is 12.0 Å². The number of nitrogens with one attached hydrogen (secondary N) is 2. The van der Waals surface area contributed by atoms with Gasteiger partial charge in [0.25, 0.3) is 0 Å². The fraction of sp³-hybridized carbons (Fsp3) is 0.500. The molecule has 21 heavy (non-hydrogen) atoms. The monoisotopic (exact) mass is 334 g/mol. The molecule has 7 heteroatoms. The van der Waals surface area contributed by atoms with Crippen molar-refractivity contribution in [2.45, 2.75) is 18.9 Å². The van der Waals surface area contributed by atoms with Crippen LogP contribution < -0.4 is 10.6 Å². The average Bonchev–Trinajstić information content (AvgIpc) is 2.42. The molecule has 0 saturated carbocycles. The van der Waals surface area contributed by atoms with E-state index in [9.17, 15) is 9.18 Å². The van der Waals surface area contributed by atoms with Crippen molar-refractivity contribution in [3.05, 3.63) is 34.6 Å². The molecule has 1 unspecified atom stereocenters. The largest absolute Gasteiger partial charge is 0.396 e. The summed E-state index contributed by atoms with van der Waals surface area (Å²) >= 11 is 7.51. The highest BCUT2D eigenvalue weighted by Gasteiger charge is 2.11. The van der Waals surface area contributed by atoms with Gasteiger partial charge in [0.2, 0.25) is 0 Å². The maximum atomic E-state index is 13.5. The first kappa shape index (κ1) is 18.1. The summed E-state index contributed by atoms with van der Waals surface area (Å²) in [5.74, 6) is 0.359. The van der Waals surface area contributed by atoms with Crippen molar-refractivity contribution in [1.29, 1.82) is 0 Å². The lowest BCUT2D eigenvalue weighted by molar-refractivity contribution is 0.231. The second kappa shape index (κ2) is 9.87. The topological polar surface area (TPSA) is 61.4 Å². The molecule has 0 aliphatic heterocycles. The van der Waals surface area contributed by atoms with E-state index < -0.39 is 0 Å². The molecular formula is C14H20ClFN2O2S. The number of thioether (sulfide) groups is 1. The van der Waals surface area contributed by atoms with Gasteiger partial charge < -0.3 is 15.7 Å². The molecule has 1 aromatic carbocycles. The highest BCUT2D eigenvalue weighted by molar-refractivity contribution is 7.98. The predicted molar refractivity (Wildman–Crippen MR) is 85.5 cm³/mol. The molecule has 0 aromatic heterocycles. The van der Waals surface area contributed by atoms with Gasteiger partial charge in [0.15, 0.2) is 0 Å². The molecule has 0 saturated heterocycles. The number of urea groups is 1. The Hall–Kier alpha value is -0.980. The Morgan fingerprint density at radius 3 is 2.90 bits per heavy atom. The maximum absolute atomic E-state index is 13.5. The fourth-order valence-electron chi connectivity index (χ4n) is 1.86. The standard InChI is InChI=1S/C14H20ClFN2O2S/c1-21-9-10(6-8-19)18-14(20)17-7-5-11-12(15)3-2-4-13(11)16/h2-4,10,19H,5-9H2,1H3,(H2,17,18,20). The van der Waals surface area contributed by atoms with Gasteiger partial charge in [-0.2, -0.15) is 11.8 Å². The van der Waals surface area contributed by atoms with Gasteiger partial charge in [-0.15, -0.1) is 0 Å². The molecule has 2 amide bonds. The van der Waals surface area contributed by atoms with E-state index in [4.69, 9.17) is 16.7 Å². The zero-order valence-electron chi connectivity index (χ0n) is 11.9. The lowest BCUT2D eigenvalue weighted by atomic mass is 10.1. The van der Waals surface area contributed by atoms with Crippen LogP contribution in [-0.2, 0) is 6.42 Å². The van der Waals surface area contributed by atoms with Gasteiger partial charge in [-0.25, -0.2) is 9.18 Å². The first-order valence-electron chi connectivity index (χ1n) is 6.65. The third-order valence-corrected chi connectivity index (χ3v) is 3.99. The summed E-state index contributed by atoms with van der Waals surface area (Å²) in [7, 11) is 0. The molecule has 0 aliphatic rings. The quantitative estimate of drug-likeness (QED) is 0.684. The Morgan fingerprint density at radius 1 is 1.52 bits per heavy atom. The van der Waals surface area contributed by atoms with Crippen molar-refractivity contribution in [1.82, 2.24) is 10.6 Å². The molecular weight excluding hydrogens is 315 g/mol. The Kier molecular flexibility index (Phi) is 8.49. The van der Waals surface area contributed by atoms with Crippen molar-refractivity contribution < 1.29 is 14.3 Å². The van der Waals surface area contributed by atoms with Crippen molar-refractivity contribution in [2.75, 3.05) is 25.2 Å². The van der Waals surface area contributed by atoms with Crippen molar-refractivity contribution in [2.24, 2.45) is 0 Å². The van der Waals surface area contributed by atoms with Crippen LogP contribution in [0, 0.1) is 5.82 Å². The summed E-state index contributed by atoms with van der Waals surface area (Å²) in [6, 6.07) is 4.10. The average molecular weight is 335 g/mol. The van der Waals surface area contributed by atoms with Crippen LogP contribution in [-0.4, -0.2) is 42.3 Å². The van der Waals surface area contributed by atoms with Gasteiger partial charge in [0.05, 0.1) is 0 Å². The van der Waals surface area contributed by atoms with Crippen molar-refractivity contribution >= 4 is 29.4 Å². The van der Waals surface area contributed by atoms with Crippen LogP contribution in [0.25, 0.3) is 0 Å². The zero-order chi connectivity index (χ0) is 15.7. The summed E-state index contributed by atoms with van der Waals surface area (Å²) < 4.78 is 13.5. The number of hydrogen-bond acceptors (Lipinski definition) is 3. The fourth-order valence-corrected chi connectivity index (χ4v) is 2.77. The minimum absolute atomic E-state index is 0.0241. The minimum Gasteiger partial charge on any atom is -0.396 e. The van der Waals surface area contributed by atoms with Crippen LogP contribution >= 0.6 is 23.4 Å². The number of rotatable bonds is 8. The van der Waals surface area contributed by atoms with E-state index in [0.29, 0.717) is 23.4 Å². The molecule has 0 aliphatic carbocycles. The normalized spacial score (nSPS) is 12.0. The van der Waals surface area contributed by atoms with E-state index >= 15 is 0 Å². The van der Waals surface area contributed by atoms with E-state index in [1.165, 1.54) is 6.07 Å². The van der Waals surface area contributed by atoms with Crippen molar-refractivity contribution in [3.8, 4) is 0 Å². The predicted octanol–water partition coefficient (Wildman–Crippen LogP) is 2.43. The molecule has 0 radical (unpaired) electrons. The van der Waals surface area contributed by atoms with Gasteiger partial charge in [-0.05, 0) is 31.2 Å². The molecule has 0 spiro atoms. The van der Waals surface area contributed by atoms with E-state index in [2.05, 4.69) is 10.6 Å². The number of amides is 2. The van der Waals surface area contributed by atoms with Gasteiger partial charge in [-0.3, -0.25) is 0 Å². The smallest absolute Gasteiger partial charge is 0.315 e. The number of aliphatic hydroxyl groups excluding tert-OH is 1. The first-order chi connectivity index (χ1) is 10.1. The van der Waals surface area contributed by atoms with Gasteiger partial charge in [-0.1, -0.05) is 17.7 Å². The summed E-state index contributed by atoms with van der Waals surface area (Å²) in [4.78, 5) is 11.7. The summed E-state index contributed by atoms with van der Waals surface area (Å²) in [5, 5.41) is 14.7. The summed E-state index contributed by atoms with van der Waals surface area (Å²) in [6.07, 6.45) is 2.77. The molecule has 118 valence electrons. The Labute approximate surface area is 133 Å². The van der Waals surface area contributed by atoms with Crippen LogP contribution in [0.3, 0.4) is 0 Å². The molecule has 1 atom stereocenters. The van der Waals surface area contributed by atoms with E-state index in [0.717, 1.165) is 5.75 Å². The van der Waals surface area contributed by atoms with E-state index in [1.807, 2.05) is 6.26 Å². The van der Waals surface area contributed by atoms with Crippen LogP contribution in [0.2, 0.25) is 5.02 Å². The number of hydrogen-bond donors (Lipinski definition) is 3. The maximum Gasteiger partial charge on any atom is 0.315 e. The van der Waals surface area contributed by atoms with Crippen LogP contribution in [0.15, 0.2) is 18.2 Å². The Bertz CT molecular complexity index is 436. The molecule has 1 rings (SSSR count). The number of carbonyl (C=O) groups excluding carboxylic acids is 1. The van der Waals surface area contributed by atoms with Gasteiger partial charge in [0, 0.05) is 35.5 Å². The second-order valence-electron chi connectivity index (χ2n) is 4.51. The lowest BCUT2D eigenvalue weighted by Gasteiger charge is -2.17. The molecule has 0 fully saturated rings. The van der Waals surface area contributed by atoms with Crippen LogP contribution in [0.4, 0.5) is 9.18 Å². The minimum atomic E-state index is -0.370. The number of carbonyl (C=O) groups is 1. The number of aliphatic hydroxyl groups is 1. The highest BCUT2D eigenvalue weighted by Crippen LogP contribution is 2.18. The van der Waals surface area contributed by atoms with Gasteiger partial charge >= 0.3 is 6.03 Å². The Morgan fingerprint density at radius 2 is 2.29 bits per heavy atom. The number of halogens is 2. The van der Waals surface area contributed by atoms with Gasteiger partial charge in [0.1, 0.15) is 5.82 Å². The third-order valence-electron chi connectivity index (χ3n) is 2.90. The molecule has 3 N–H and O–H groups in total. The van der Waals surface area contributed by atoms with E-state index in [-0.39, 0.29) is 31.0 Å². The lowest BCUT2D eigenvalue weighted by Crippen LogP contribution is -2.44. The molecule has 1 aromatic rings. The molecule has 0 bridgehead atoms. The SMILES string of the molecule is CSCC(CCO)NC(=O)NCCc1c(F)cccc1Cl. The summed E-state index contributed by atoms with van der Waals surface area (Å²) in [5.41, 5.74) is 0.399. The molecule has 0 heterocycles. The summed E-state index contributed by atoms with van der Waals surface area (Å²) in [6.45, 7) is 0.313. The highest BCUT2D eigenvalue weighted by atomic mass is 35.5.